The summed E-state index contributed by atoms with van der Waals surface area (Å²) >= 11 is 1.50. The lowest BCUT2D eigenvalue weighted by atomic mass is 10.1. The van der Waals surface area contributed by atoms with Gasteiger partial charge in [-0.1, -0.05) is 6.92 Å². The smallest absolute Gasteiger partial charge is 0.261 e. The Labute approximate surface area is 179 Å². The van der Waals surface area contributed by atoms with Gasteiger partial charge in [0.15, 0.2) is 12.4 Å². The van der Waals surface area contributed by atoms with Crippen LogP contribution in [0.2, 0.25) is 0 Å². The Balaban J connectivity index is 1.56. The highest BCUT2D eigenvalue weighted by Crippen LogP contribution is 2.23. The largest absolute Gasteiger partial charge is 0.484 e. The number of nitrogens with one attached hydrogen (secondary N) is 1. The van der Waals surface area contributed by atoms with Gasteiger partial charge in [0.1, 0.15) is 11.8 Å². The average Bonchev–Trinajstić information content (AvgIpc) is 3.28. The molecule has 8 heteroatoms. The minimum absolute atomic E-state index is 0.0443. The van der Waals surface area contributed by atoms with Crippen LogP contribution in [0.4, 0.5) is 5.69 Å². The Morgan fingerprint density at radius 1 is 1.17 bits per heavy atom. The first-order chi connectivity index (χ1) is 14.5. The molecule has 0 spiro atoms. The number of Topliss-reactive ketones (excluding diaryl/α,β-unsaturated/α-hetero) is 1. The van der Waals surface area contributed by atoms with E-state index in [4.69, 9.17) is 10.00 Å². The molecule has 30 heavy (non-hydrogen) atoms. The molecule has 1 heterocycles. The van der Waals surface area contributed by atoms with E-state index >= 15 is 0 Å². The van der Waals surface area contributed by atoms with Gasteiger partial charge in [0.2, 0.25) is 5.91 Å². The summed E-state index contributed by atoms with van der Waals surface area (Å²) in [6, 6.07) is 14.6. The van der Waals surface area contributed by atoms with Crippen molar-refractivity contribution >= 4 is 35.0 Å². The lowest BCUT2D eigenvalue weighted by molar-refractivity contribution is -0.137. The number of hydrogen-bond donors (Lipinski definition) is 1. The van der Waals surface area contributed by atoms with Gasteiger partial charge in [-0.3, -0.25) is 14.4 Å². The van der Waals surface area contributed by atoms with Crippen LogP contribution in [0.25, 0.3) is 0 Å². The Morgan fingerprint density at radius 2 is 1.87 bits per heavy atom. The van der Waals surface area contributed by atoms with Crippen LogP contribution in [0.15, 0.2) is 48.5 Å². The summed E-state index contributed by atoms with van der Waals surface area (Å²) in [6.07, 6.45) is 0.428. The van der Waals surface area contributed by atoms with E-state index in [0.717, 1.165) is 0 Å². The SMILES string of the molecule is CCC(=O)c1ccc(OCC(=O)N2CSCC2C(=O)Nc2ccc(C#N)cc2)cc1. The molecule has 1 saturated heterocycles. The van der Waals surface area contributed by atoms with E-state index in [-0.39, 0.29) is 24.2 Å². The van der Waals surface area contributed by atoms with Crippen LogP contribution in [-0.4, -0.2) is 46.8 Å². The molecule has 2 aromatic rings. The van der Waals surface area contributed by atoms with Crippen molar-refractivity contribution in [1.29, 1.82) is 5.26 Å². The number of carbonyl (C=O) groups is 3. The Bertz CT molecular complexity index is 967. The fourth-order valence-electron chi connectivity index (χ4n) is 2.93. The highest BCUT2D eigenvalue weighted by Gasteiger charge is 2.34. The maximum absolute atomic E-state index is 12.6. The lowest BCUT2D eigenvalue weighted by Gasteiger charge is -2.23. The van der Waals surface area contributed by atoms with Gasteiger partial charge in [-0.05, 0) is 48.5 Å². The maximum Gasteiger partial charge on any atom is 0.261 e. The average molecular weight is 423 g/mol. The molecule has 1 atom stereocenters. The minimum Gasteiger partial charge on any atom is -0.484 e. The summed E-state index contributed by atoms with van der Waals surface area (Å²) in [7, 11) is 0. The monoisotopic (exact) mass is 423 g/mol. The van der Waals surface area contributed by atoms with Crippen LogP contribution < -0.4 is 10.1 Å². The van der Waals surface area contributed by atoms with Gasteiger partial charge in [0.25, 0.3) is 5.91 Å². The molecule has 1 unspecified atom stereocenters. The number of benzene rings is 2. The second kappa shape index (κ2) is 9.94. The number of thioether (sulfide) groups is 1. The van der Waals surface area contributed by atoms with Crippen LogP contribution in [0, 0.1) is 11.3 Å². The van der Waals surface area contributed by atoms with E-state index in [9.17, 15) is 14.4 Å². The summed E-state index contributed by atoms with van der Waals surface area (Å²) in [4.78, 5) is 38.4. The molecule has 1 aliphatic heterocycles. The summed E-state index contributed by atoms with van der Waals surface area (Å²) in [5.74, 6) is 0.887. The summed E-state index contributed by atoms with van der Waals surface area (Å²) in [6.45, 7) is 1.61. The zero-order valence-electron chi connectivity index (χ0n) is 16.5. The Kier molecular flexibility index (Phi) is 7.09. The molecular weight excluding hydrogens is 402 g/mol. The first-order valence-corrected chi connectivity index (χ1v) is 10.6. The van der Waals surface area contributed by atoms with Crippen molar-refractivity contribution in [2.45, 2.75) is 19.4 Å². The van der Waals surface area contributed by atoms with Crippen LogP contribution in [-0.2, 0) is 9.59 Å². The molecule has 3 rings (SSSR count). The third kappa shape index (κ3) is 5.19. The van der Waals surface area contributed by atoms with Gasteiger partial charge in [-0.15, -0.1) is 11.8 Å². The second-order valence-corrected chi connectivity index (χ2v) is 7.65. The number of carbonyl (C=O) groups excluding carboxylic acids is 3. The first-order valence-electron chi connectivity index (χ1n) is 9.46. The van der Waals surface area contributed by atoms with Crippen molar-refractivity contribution in [2.75, 3.05) is 23.6 Å². The number of ketones is 1. The van der Waals surface area contributed by atoms with Crippen molar-refractivity contribution in [2.24, 2.45) is 0 Å². The topological polar surface area (TPSA) is 99.5 Å². The number of rotatable bonds is 7. The van der Waals surface area contributed by atoms with E-state index in [0.29, 0.717) is 40.6 Å². The van der Waals surface area contributed by atoms with Crippen molar-refractivity contribution in [3.8, 4) is 11.8 Å². The van der Waals surface area contributed by atoms with Crippen LogP contribution in [0.3, 0.4) is 0 Å². The standard InChI is InChI=1S/C22H21N3O4S/c1-2-20(26)16-5-9-18(10-6-16)29-12-21(27)25-14-30-13-19(25)22(28)24-17-7-3-15(11-23)4-8-17/h3-10,19H,2,12-14H2,1H3,(H,24,28). The van der Waals surface area contributed by atoms with Gasteiger partial charge in [-0.25, -0.2) is 0 Å². The predicted molar refractivity (Wildman–Crippen MR) is 114 cm³/mol. The zero-order chi connectivity index (χ0) is 21.5. The fourth-order valence-corrected chi connectivity index (χ4v) is 4.11. The number of anilines is 1. The van der Waals surface area contributed by atoms with E-state index in [2.05, 4.69) is 5.32 Å². The highest BCUT2D eigenvalue weighted by atomic mass is 32.2. The lowest BCUT2D eigenvalue weighted by Crippen LogP contribution is -2.46. The molecule has 0 saturated carbocycles. The molecule has 7 nitrogen and oxygen atoms in total. The predicted octanol–water partition coefficient (Wildman–Crippen LogP) is 3.07. The number of ether oxygens (including phenoxy) is 1. The highest BCUT2D eigenvalue weighted by molar-refractivity contribution is 7.99. The molecule has 1 aliphatic rings. The van der Waals surface area contributed by atoms with Gasteiger partial charge in [-0.2, -0.15) is 5.26 Å². The Morgan fingerprint density at radius 3 is 2.50 bits per heavy atom. The van der Waals surface area contributed by atoms with Crippen LogP contribution in [0.1, 0.15) is 29.3 Å². The third-order valence-corrected chi connectivity index (χ3v) is 5.66. The molecule has 154 valence electrons. The summed E-state index contributed by atoms with van der Waals surface area (Å²) in [5.41, 5.74) is 1.68. The molecule has 0 bridgehead atoms. The van der Waals surface area contributed by atoms with Crippen molar-refractivity contribution in [3.05, 3.63) is 59.7 Å². The van der Waals surface area contributed by atoms with Crippen molar-refractivity contribution < 1.29 is 19.1 Å². The fraction of sp³-hybridized carbons (Fsp3) is 0.273. The summed E-state index contributed by atoms with van der Waals surface area (Å²) < 4.78 is 5.55. The second-order valence-electron chi connectivity index (χ2n) is 6.65. The van der Waals surface area contributed by atoms with Gasteiger partial charge < -0.3 is 15.0 Å². The quantitative estimate of drug-likeness (QED) is 0.687. The molecular formula is C22H21N3O4S. The zero-order valence-corrected chi connectivity index (χ0v) is 17.3. The molecule has 0 aliphatic carbocycles. The molecule has 1 N–H and O–H groups in total. The number of nitriles is 1. The molecule has 1 fully saturated rings. The van der Waals surface area contributed by atoms with Gasteiger partial charge in [0, 0.05) is 23.4 Å². The van der Waals surface area contributed by atoms with E-state index < -0.39 is 6.04 Å². The van der Waals surface area contributed by atoms with Crippen molar-refractivity contribution in [3.63, 3.8) is 0 Å². The maximum atomic E-state index is 12.6. The number of nitrogens with zero attached hydrogens (tertiary/aromatic N) is 2. The van der Waals surface area contributed by atoms with Gasteiger partial charge >= 0.3 is 0 Å². The van der Waals surface area contributed by atoms with Gasteiger partial charge in [0.05, 0.1) is 17.5 Å². The molecule has 0 radical (unpaired) electrons. The van der Waals surface area contributed by atoms with Crippen molar-refractivity contribution in [1.82, 2.24) is 4.90 Å². The minimum atomic E-state index is -0.591. The Hall–Kier alpha value is -3.31. The third-order valence-electron chi connectivity index (χ3n) is 4.65. The normalized spacial score (nSPS) is 15.3. The first kappa shape index (κ1) is 21.4. The molecule has 2 amide bonds. The van der Waals surface area contributed by atoms with Crippen LogP contribution in [0.5, 0.6) is 5.75 Å². The van der Waals surface area contributed by atoms with Crippen LogP contribution >= 0.6 is 11.8 Å². The number of hydrogen-bond acceptors (Lipinski definition) is 6. The van der Waals surface area contributed by atoms with E-state index in [1.54, 1.807) is 55.5 Å². The summed E-state index contributed by atoms with van der Waals surface area (Å²) in [5, 5.41) is 11.6. The van der Waals surface area contributed by atoms with E-state index in [1.807, 2.05) is 6.07 Å². The number of amides is 2. The molecule has 0 aromatic heterocycles. The molecule has 2 aromatic carbocycles. The van der Waals surface area contributed by atoms with E-state index in [1.165, 1.54) is 16.7 Å².